The topological polar surface area (TPSA) is 72.5 Å². The molecule has 1 amide bonds. The highest BCUT2D eigenvalue weighted by atomic mass is 32.2. The Kier molecular flexibility index (Phi) is 3.44. The molecule has 1 fully saturated rings. The maximum Gasteiger partial charge on any atom is 0.297 e. The van der Waals surface area contributed by atoms with Crippen molar-refractivity contribution in [2.24, 2.45) is 0 Å². The van der Waals surface area contributed by atoms with E-state index < -0.39 is 16.2 Å². The van der Waals surface area contributed by atoms with Crippen molar-refractivity contribution in [3.63, 3.8) is 0 Å². The Morgan fingerprint density at radius 1 is 1.24 bits per heavy atom. The number of piperidine rings is 1. The maximum atomic E-state index is 11.8. The van der Waals surface area contributed by atoms with Crippen LogP contribution in [0.5, 0.6) is 0 Å². The summed E-state index contributed by atoms with van der Waals surface area (Å²) in [4.78, 5) is 11.1. The first-order chi connectivity index (χ1) is 8.08. The molecule has 0 spiro atoms. The zero-order valence-corrected chi connectivity index (χ0v) is 9.94. The second-order valence-corrected chi connectivity index (χ2v) is 5.40. The molecule has 0 aromatic heterocycles. The highest BCUT2D eigenvalue weighted by Crippen LogP contribution is 2.17. The van der Waals surface area contributed by atoms with Crippen LogP contribution in [0, 0.1) is 0 Å². The summed E-state index contributed by atoms with van der Waals surface area (Å²) in [6.45, 7) is 0.241. The average molecular weight is 255 g/mol. The molecule has 1 aromatic carbocycles. The van der Waals surface area contributed by atoms with Crippen LogP contribution in [0.25, 0.3) is 0 Å². The summed E-state index contributed by atoms with van der Waals surface area (Å²) in [6, 6.07) is 7.98. The van der Waals surface area contributed by atoms with Gasteiger partial charge in [-0.2, -0.15) is 8.42 Å². The SMILES string of the molecule is O=C1CCC(OS(=O)(=O)c2ccccc2)CN1. The maximum absolute atomic E-state index is 11.8. The van der Waals surface area contributed by atoms with E-state index in [9.17, 15) is 13.2 Å². The lowest BCUT2D eigenvalue weighted by Gasteiger charge is -2.22. The van der Waals surface area contributed by atoms with Crippen molar-refractivity contribution >= 4 is 16.0 Å². The van der Waals surface area contributed by atoms with Gasteiger partial charge in [-0.3, -0.25) is 8.98 Å². The molecule has 0 aliphatic carbocycles. The van der Waals surface area contributed by atoms with Crippen molar-refractivity contribution in [2.75, 3.05) is 6.54 Å². The summed E-state index contributed by atoms with van der Waals surface area (Å²) >= 11 is 0. The Labute approximate surface area is 99.9 Å². The van der Waals surface area contributed by atoms with Gasteiger partial charge in [0.1, 0.15) is 0 Å². The van der Waals surface area contributed by atoms with Crippen LogP contribution >= 0.6 is 0 Å². The zero-order valence-electron chi connectivity index (χ0n) is 9.13. The van der Waals surface area contributed by atoms with E-state index in [-0.39, 0.29) is 17.3 Å². The number of carbonyl (C=O) groups excluding carboxylic acids is 1. The van der Waals surface area contributed by atoms with Gasteiger partial charge in [-0.1, -0.05) is 18.2 Å². The lowest BCUT2D eigenvalue weighted by atomic mass is 10.1. The summed E-state index contributed by atoms with van der Waals surface area (Å²) in [7, 11) is -3.73. The number of hydrogen-bond acceptors (Lipinski definition) is 4. The van der Waals surface area contributed by atoms with Crippen molar-refractivity contribution in [2.45, 2.75) is 23.8 Å². The highest BCUT2D eigenvalue weighted by molar-refractivity contribution is 7.86. The van der Waals surface area contributed by atoms with Crippen molar-refractivity contribution < 1.29 is 17.4 Å². The number of rotatable bonds is 3. The fraction of sp³-hybridized carbons (Fsp3) is 0.364. The Morgan fingerprint density at radius 3 is 2.53 bits per heavy atom. The third kappa shape index (κ3) is 3.04. The lowest BCUT2D eigenvalue weighted by molar-refractivity contribution is -0.123. The number of carbonyl (C=O) groups is 1. The van der Waals surface area contributed by atoms with E-state index in [0.29, 0.717) is 12.8 Å². The van der Waals surface area contributed by atoms with Crippen LogP contribution in [0.1, 0.15) is 12.8 Å². The van der Waals surface area contributed by atoms with E-state index in [1.54, 1.807) is 18.2 Å². The van der Waals surface area contributed by atoms with E-state index in [1.165, 1.54) is 12.1 Å². The predicted molar refractivity (Wildman–Crippen MR) is 60.7 cm³/mol. The van der Waals surface area contributed by atoms with Crippen molar-refractivity contribution in [1.29, 1.82) is 0 Å². The Balaban J connectivity index is 2.06. The van der Waals surface area contributed by atoms with Crippen molar-refractivity contribution in [3.05, 3.63) is 30.3 Å². The Bertz CT molecular complexity index is 487. The van der Waals surface area contributed by atoms with Crippen LogP contribution in [0.2, 0.25) is 0 Å². The number of nitrogens with one attached hydrogen (secondary N) is 1. The molecule has 0 saturated carbocycles. The first kappa shape index (κ1) is 12.1. The minimum atomic E-state index is -3.73. The smallest absolute Gasteiger partial charge is 0.297 e. The fourth-order valence-corrected chi connectivity index (χ4v) is 2.74. The van der Waals surface area contributed by atoms with Crippen LogP contribution in [-0.2, 0) is 19.1 Å². The molecule has 0 bridgehead atoms. The zero-order chi connectivity index (χ0) is 12.3. The van der Waals surface area contributed by atoms with Crippen LogP contribution in [0.3, 0.4) is 0 Å². The molecule has 2 rings (SSSR count). The molecular weight excluding hydrogens is 242 g/mol. The summed E-state index contributed by atoms with van der Waals surface area (Å²) in [5, 5.41) is 2.58. The van der Waals surface area contributed by atoms with Gasteiger partial charge in [-0.15, -0.1) is 0 Å². The molecule has 1 aromatic rings. The first-order valence-electron chi connectivity index (χ1n) is 5.33. The molecule has 0 radical (unpaired) electrons. The van der Waals surface area contributed by atoms with Gasteiger partial charge in [0, 0.05) is 13.0 Å². The average Bonchev–Trinajstić information content (AvgIpc) is 2.33. The summed E-state index contributed by atoms with van der Waals surface area (Å²) in [5.74, 6) is -0.0676. The molecule has 1 N–H and O–H groups in total. The molecule has 1 aliphatic heterocycles. The van der Waals surface area contributed by atoms with E-state index in [2.05, 4.69) is 5.32 Å². The predicted octanol–water partition coefficient (Wildman–Crippen LogP) is 0.671. The summed E-state index contributed by atoms with van der Waals surface area (Å²) in [5.41, 5.74) is 0. The summed E-state index contributed by atoms with van der Waals surface area (Å²) < 4.78 is 28.8. The largest absolute Gasteiger partial charge is 0.353 e. The Morgan fingerprint density at radius 2 is 1.94 bits per heavy atom. The third-order valence-electron chi connectivity index (χ3n) is 2.51. The number of hydrogen-bond donors (Lipinski definition) is 1. The first-order valence-corrected chi connectivity index (χ1v) is 6.74. The minimum absolute atomic E-state index is 0.0676. The molecule has 1 aliphatic rings. The second-order valence-electron chi connectivity index (χ2n) is 3.83. The summed E-state index contributed by atoms with van der Waals surface area (Å²) in [6.07, 6.45) is 0.255. The van der Waals surface area contributed by atoms with Gasteiger partial charge < -0.3 is 5.32 Å². The van der Waals surface area contributed by atoms with Crippen LogP contribution in [0.15, 0.2) is 35.2 Å². The third-order valence-corrected chi connectivity index (χ3v) is 3.89. The molecule has 5 nitrogen and oxygen atoms in total. The molecular formula is C11H13NO4S. The normalized spacial score (nSPS) is 20.9. The highest BCUT2D eigenvalue weighted by Gasteiger charge is 2.25. The van der Waals surface area contributed by atoms with Crippen LogP contribution < -0.4 is 5.32 Å². The lowest BCUT2D eigenvalue weighted by Crippen LogP contribution is -2.40. The molecule has 92 valence electrons. The molecule has 1 atom stereocenters. The van der Waals surface area contributed by atoms with Crippen molar-refractivity contribution in [3.8, 4) is 0 Å². The monoisotopic (exact) mass is 255 g/mol. The molecule has 1 saturated heterocycles. The van der Waals surface area contributed by atoms with E-state index in [1.807, 2.05) is 0 Å². The molecule has 6 heteroatoms. The molecule has 1 heterocycles. The molecule has 1 unspecified atom stereocenters. The quantitative estimate of drug-likeness (QED) is 0.806. The fourth-order valence-electron chi connectivity index (χ4n) is 1.61. The van der Waals surface area contributed by atoms with Crippen LogP contribution in [0.4, 0.5) is 0 Å². The van der Waals surface area contributed by atoms with Gasteiger partial charge in [0.15, 0.2) is 0 Å². The van der Waals surface area contributed by atoms with Crippen molar-refractivity contribution in [1.82, 2.24) is 5.32 Å². The standard InChI is InChI=1S/C11H13NO4S/c13-11-7-6-9(8-12-11)16-17(14,15)10-4-2-1-3-5-10/h1-5,9H,6-8H2,(H,12,13). The van der Waals surface area contributed by atoms with Gasteiger partial charge in [-0.05, 0) is 18.6 Å². The van der Waals surface area contributed by atoms with Gasteiger partial charge in [0.05, 0.1) is 11.0 Å². The van der Waals surface area contributed by atoms with Gasteiger partial charge >= 0.3 is 0 Å². The van der Waals surface area contributed by atoms with E-state index in [0.717, 1.165) is 0 Å². The minimum Gasteiger partial charge on any atom is -0.353 e. The Hall–Kier alpha value is -1.40. The van der Waals surface area contributed by atoms with Gasteiger partial charge in [0.2, 0.25) is 5.91 Å². The van der Waals surface area contributed by atoms with Crippen LogP contribution in [-0.4, -0.2) is 27.0 Å². The van der Waals surface area contributed by atoms with E-state index >= 15 is 0 Å². The number of amides is 1. The van der Waals surface area contributed by atoms with E-state index in [4.69, 9.17) is 4.18 Å². The molecule has 17 heavy (non-hydrogen) atoms. The number of benzene rings is 1. The second kappa shape index (κ2) is 4.85. The van der Waals surface area contributed by atoms with Gasteiger partial charge in [-0.25, -0.2) is 0 Å². The van der Waals surface area contributed by atoms with Gasteiger partial charge in [0.25, 0.3) is 10.1 Å².